The Balaban J connectivity index is 1.42. The normalized spacial score (nSPS) is 14.7. The molecular weight excluding hydrogens is 775 g/mol. The van der Waals surface area contributed by atoms with Crippen LogP contribution in [-0.4, -0.2) is 62.7 Å². The van der Waals surface area contributed by atoms with Crippen LogP contribution < -0.4 is 14.0 Å². The van der Waals surface area contributed by atoms with Crippen LogP contribution in [0, 0.1) is 0 Å². The lowest BCUT2D eigenvalue weighted by atomic mass is 9.96. The maximum Gasteiger partial charge on any atom is 0.265 e. The molecule has 0 spiro atoms. The predicted molar refractivity (Wildman–Crippen MR) is 219 cm³/mol. The van der Waals surface area contributed by atoms with Crippen molar-refractivity contribution >= 4 is 75.1 Å². The van der Waals surface area contributed by atoms with Crippen LogP contribution in [0.2, 0.25) is 0 Å². The molecule has 3 aromatic carbocycles. The zero-order valence-corrected chi connectivity index (χ0v) is 32.9. The molecule has 0 radical (unpaired) electrons. The van der Waals surface area contributed by atoms with E-state index in [1.807, 2.05) is 148 Å². The summed E-state index contributed by atoms with van der Waals surface area (Å²) < 4.78 is 100.0. The number of allylic oxidation sites excluding steroid dienone is 6. The van der Waals surface area contributed by atoms with Crippen molar-refractivity contribution in [2.45, 2.75) is 32.4 Å². The average Bonchev–Trinajstić information content (AvgIpc) is 3.14. The third-order valence-electron chi connectivity index (χ3n) is 9.44. The maximum atomic E-state index is 11.4. The summed E-state index contributed by atoms with van der Waals surface area (Å²) in [5.74, 6) is -1.02. The van der Waals surface area contributed by atoms with Crippen LogP contribution >= 0.6 is 0 Å². The van der Waals surface area contributed by atoms with E-state index in [1.54, 1.807) is 0 Å². The summed E-state index contributed by atoms with van der Waals surface area (Å²) in [6, 6.07) is 27.4. The van der Waals surface area contributed by atoms with Crippen molar-refractivity contribution in [3.8, 4) is 0 Å². The number of rotatable bonds is 16. The molecule has 0 saturated carbocycles. The minimum Gasteiger partial charge on any atom is -0.347 e. The number of para-hydroxylation sites is 3. The summed E-state index contributed by atoms with van der Waals surface area (Å²) in [7, 11) is -12.3. The van der Waals surface area contributed by atoms with Gasteiger partial charge in [-0.1, -0.05) is 66.8 Å². The standard InChI is InChI=1S/C41H41N3O9S3/c45-54(46,47)29-7-23-42-26-20-33(36-10-1-4-13-39(36)42)18-16-32(35-22-28-44(25-9-31-56(51,52)53)41-15-6-3-12-38(35)41)17-19-34-21-27-43(24-8-30-55(48,49)50)40-14-5-2-11-37(34)40/h1-6,10-22,26-28H,7-9,23-25,29-31H2,(H-2,45,46,47,48,49,50,51,52,53)/p+2. The monoisotopic (exact) mass is 817 g/mol. The van der Waals surface area contributed by atoms with Gasteiger partial charge in [-0.15, -0.1) is 0 Å². The fourth-order valence-corrected chi connectivity index (χ4v) is 8.36. The van der Waals surface area contributed by atoms with Crippen molar-refractivity contribution in [3.63, 3.8) is 0 Å². The first-order valence-electron chi connectivity index (χ1n) is 18.0. The van der Waals surface area contributed by atoms with E-state index in [2.05, 4.69) is 0 Å². The first-order valence-corrected chi connectivity index (χ1v) is 22.8. The molecule has 0 bridgehead atoms. The minimum absolute atomic E-state index is 0.233. The number of pyridine rings is 2. The molecule has 1 aliphatic rings. The molecule has 1 aliphatic heterocycles. The summed E-state index contributed by atoms with van der Waals surface area (Å²) in [6.45, 7) is 1.18. The van der Waals surface area contributed by atoms with Gasteiger partial charge in [0.1, 0.15) is 13.1 Å². The molecule has 56 heavy (non-hydrogen) atoms. The lowest BCUT2D eigenvalue weighted by Crippen LogP contribution is -2.35. The Hall–Kier alpha value is -5.03. The van der Waals surface area contributed by atoms with Gasteiger partial charge < -0.3 is 4.90 Å². The van der Waals surface area contributed by atoms with Crippen LogP contribution in [0.3, 0.4) is 0 Å². The Morgan fingerprint density at radius 2 is 1.20 bits per heavy atom. The molecule has 0 atom stereocenters. The Kier molecular flexibility index (Phi) is 12.6. The van der Waals surface area contributed by atoms with Crippen molar-refractivity contribution in [2.75, 3.05) is 28.7 Å². The molecule has 0 saturated heterocycles. The summed E-state index contributed by atoms with van der Waals surface area (Å²) in [6.07, 6.45) is 16.5. The smallest absolute Gasteiger partial charge is 0.265 e. The lowest BCUT2D eigenvalue weighted by Gasteiger charge is -2.27. The van der Waals surface area contributed by atoms with Gasteiger partial charge in [0.2, 0.25) is 11.0 Å². The Morgan fingerprint density at radius 1 is 0.643 bits per heavy atom. The first-order chi connectivity index (χ1) is 26.7. The molecule has 2 aromatic heterocycles. The summed E-state index contributed by atoms with van der Waals surface area (Å²) in [5.41, 5.74) is 7.27. The van der Waals surface area contributed by atoms with Gasteiger partial charge in [-0.2, -0.15) is 34.4 Å². The SMILES string of the molecule is O=S(=O)(O)CCCN1C=CC(=CC=C(C=Cc2cc[n+](CCCS(=O)(=O)O)c3ccccc23)c2cc[n+](CCCS(=O)(=O)O)c3ccccc23)c2ccccc21. The van der Waals surface area contributed by atoms with Crippen molar-refractivity contribution in [1.82, 2.24) is 0 Å². The maximum absolute atomic E-state index is 11.4. The van der Waals surface area contributed by atoms with Crippen LogP contribution in [0.4, 0.5) is 5.69 Å². The lowest BCUT2D eigenvalue weighted by molar-refractivity contribution is -0.671. The largest absolute Gasteiger partial charge is 0.347 e. The number of anilines is 1. The number of hydrogen-bond acceptors (Lipinski definition) is 7. The number of nitrogens with zero attached hydrogens (tertiary/aromatic N) is 3. The van der Waals surface area contributed by atoms with E-state index in [9.17, 15) is 38.9 Å². The summed E-state index contributed by atoms with van der Waals surface area (Å²) >= 11 is 0. The molecular formula is C41H43N3O9S3+2. The quantitative estimate of drug-likeness (QED) is 0.0617. The highest BCUT2D eigenvalue weighted by Gasteiger charge is 2.19. The summed E-state index contributed by atoms with van der Waals surface area (Å²) in [5, 5.41) is 1.87. The third kappa shape index (κ3) is 10.8. The van der Waals surface area contributed by atoms with Crippen molar-refractivity contribution < 1.29 is 48.0 Å². The topological polar surface area (TPSA) is 174 Å². The van der Waals surface area contributed by atoms with E-state index in [4.69, 9.17) is 0 Å². The predicted octanol–water partition coefficient (Wildman–Crippen LogP) is 5.92. The fourth-order valence-electron chi connectivity index (χ4n) is 6.88. The third-order valence-corrected chi connectivity index (χ3v) is 11.9. The molecule has 0 unspecified atom stereocenters. The van der Waals surface area contributed by atoms with Gasteiger partial charge in [-0.25, -0.2) is 0 Å². The highest BCUT2D eigenvalue weighted by atomic mass is 32.2. The molecule has 5 aromatic rings. The van der Waals surface area contributed by atoms with Crippen molar-refractivity contribution in [2.24, 2.45) is 0 Å². The Labute approximate surface area is 327 Å². The molecule has 3 heterocycles. The molecule has 12 nitrogen and oxygen atoms in total. The number of hydrogen-bond donors (Lipinski definition) is 3. The highest BCUT2D eigenvalue weighted by Crippen LogP contribution is 2.34. The van der Waals surface area contributed by atoms with E-state index in [0.29, 0.717) is 19.6 Å². The Bertz CT molecular complexity index is 2720. The molecule has 0 aliphatic carbocycles. The average molecular weight is 818 g/mol. The first kappa shape index (κ1) is 40.6. The minimum atomic E-state index is -4.10. The van der Waals surface area contributed by atoms with Crippen molar-refractivity contribution in [1.29, 1.82) is 0 Å². The van der Waals surface area contributed by atoms with Gasteiger partial charge in [0.05, 0.1) is 28.0 Å². The second-order valence-electron chi connectivity index (χ2n) is 13.4. The van der Waals surface area contributed by atoms with Gasteiger partial charge in [0, 0.05) is 66.7 Å². The van der Waals surface area contributed by atoms with Crippen LogP contribution in [0.5, 0.6) is 0 Å². The zero-order valence-electron chi connectivity index (χ0n) is 30.4. The van der Waals surface area contributed by atoms with E-state index in [0.717, 1.165) is 55.3 Å². The second kappa shape index (κ2) is 17.4. The van der Waals surface area contributed by atoms with E-state index in [1.165, 1.54) is 0 Å². The number of aryl methyl sites for hydroxylation is 2. The Morgan fingerprint density at radius 3 is 1.86 bits per heavy atom. The van der Waals surface area contributed by atoms with Gasteiger partial charge in [-0.05, 0) is 47.4 Å². The second-order valence-corrected chi connectivity index (χ2v) is 18.2. The van der Waals surface area contributed by atoms with Crippen LogP contribution in [0.25, 0.3) is 39.0 Å². The van der Waals surface area contributed by atoms with Crippen molar-refractivity contribution in [3.05, 3.63) is 145 Å². The molecule has 6 rings (SSSR count). The zero-order chi connectivity index (χ0) is 39.9. The van der Waals surface area contributed by atoms with E-state index in [-0.39, 0.29) is 36.5 Å². The van der Waals surface area contributed by atoms with Crippen LogP contribution in [0.1, 0.15) is 36.0 Å². The summed E-state index contributed by atoms with van der Waals surface area (Å²) in [4.78, 5) is 1.96. The van der Waals surface area contributed by atoms with Gasteiger partial charge in [-0.3, -0.25) is 13.7 Å². The molecule has 15 heteroatoms. The molecule has 0 fully saturated rings. The van der Waals surface area contributed by atoms with E-state index >= 15 is 0 Å². The number of fused-ring (bicyclic) bond motifs is 3. The fraction of sp³-hybridized carbons (Fsp3) is 0.220. The molecule has 292 valence electrons. The van der Waals surface area contributed by atoms with Crippen LogP contribution in [-0.2, 0) is 43.4 Å². The molecule has 0 amide bonds. The van der Waals surface area contributed by atoms with Gasteiger partial charge in [0.25, 0.3) is 30.4 Å². The van der Waals surface area contributed by atoms with Gasteiger partial charge in [0.15, 0.2) is 12.4 Å². The van der Waals surface area contributed by atoms with Gasteiger partial charge >= 0.3 is 0 Å². The molecule has 3 N–H and O–H groups in total. The van der Waals surface area contributed by atoms with E-state index < -0.39 is 30.4 Å². The number of benzene rings is 3. The van der Waals surface area contributed by atoms with Crippen LogP contribution in [0.15, 0.2) is 128 Å². The number of aromatic nitrogens is 2. The highest BCUT2D eigenvalue weighted by molar-refractivity contribution is 7.86.